The Morgan fingerprint density at radius 2 is 2.17 bits per heavy atom. The lowest BCUT2D eigenvalue weighted by molar-refractivity contribution is -0.138. The van der Waals surface area contributed by atoms with Crippen molar-refractivity contribution in [2.24, 2.45) is 11.8 Å². The van der Waals surface area contributed by atoms with E-state index in [1.54, 1.807) is 11.3 Å². The maximum atomic E-state index is 13.3. The highest BCUT2D eigenvalue weighted by Gasteiger charge is 2.48. The summed E-state index contributed by atoms with van der Waals surface area (Å²) in [7, 11) is 0. The molecule has 0 saturated carbocycles. The lowest BCUT2D eigenvalue weighted by Crippen LogP contribution is -2.44. The van der Waals surface area contributed by atoms with Gasteiger partial charge in [0, 0.05) is 38.6 Å². The predicted octanol–water partition coefficient (Wildman–Crippen LogP) is 2.16. The van der Waals surface area contributed by atoms with E-state index in [1.165, 1.54) is 5.56 Å². The summed E-state index contributed by atoms with van der Waals surface area (Å²) in [6, 6.07) is 2.16. The number of fused-ring (bicyclic) bond motifs is 1. The third-order valence-corrected chi connectivity index (χ3v) is 6.16. The predicted molar refractivity (Wildman–Crippen MR) is 87.0 cm³/mol. The molecular weight excluding hydrogens is 315 g/mol. The van der Waals surface area contributed by atoms with Gasteiger partial charge in [0.25, 0.3) is 0 Å². The van der Waals surface area contributed by atoms with E-state index in [4.69, 9.17) is 4.74 Å². The van der Waals surface area contributed by atoms with Crippen molar-refractivity contribution in [2.45, 2.75) is 31.7 Å². The molecule has 4 heterocycles. The van der Waals surface area contributed by atoms with Crippen LogP contribution in [0.15, 0.2) is 16.8 Å². The SMILES string of the molecule is O=C([C@@H]1CO[C@@H]2CN(Cc3ccsc3)C[C@@H]21)N1CCC(F)CC1. The first-order valence-electron chi connectivity index (χ1n) is 8.48. The number of carbonyl (C=O) groups excluding carboxylic acids is 1. The number of amides is 1. The van der Waals surface area contributed by atoms with Crippen LogP contribution < -0.4 is 0 Å². The molecule has 3 aliphatic heterocycles. The molecule has 126 valence electrons. The van der Waals surface area contributed by atoms with Gasteiger partial charge in [-0.2, -0.15) is 11.3 Å². The summed E-state index contributed by atoms with van der Waals surface area (Å²) < 4.78 is 19.2. The van der Waals surface area contributed by atoms with Gasteiger partial charge in [-0.05, 0) is 35.2 Å². The van der Waals surface area contributed by atoms with E-state index in [9.17, 15) is 9.18 Å². The molecule has 1 aromatic rings. The number of likely N-dealkylation sites (tertiary alicyclic amines) is 2. The highest BCUT2D eigenvalue weighted by atomic mass is 32.1. The van der Waals surface area contributed by atoms with Crippen molar-refractivity contribution in [3.05, 3.63) is 22.4 Å². The molecule has 0 N–H and O–H groups in total. The van der Waals surface area contributed by atoms with Crippen molar-refractivity contribution in [2.75, 3.05) is 32.8 Å². The molecule has 3 fully saturated rings. The van der Waals surface area contributed by atoms with E-state index in [2.05, 4.69) is 21.7 Å². The van der Waals surface area contributed by atoms with Gasteiger partial charge in [0.2, 0.25) is 5.91 Å². The van der Waals surface area contributed by atoms with E-state index in [1.807, 2.05) is 4.90 Å². The van der Waals surface area contributed by atoms with Crippen LogP contribution in [0.3, 0.4) is 0 Å². The minimum Gasteiger partial charge on any atom is -0.376 e. The number of halogens is 1. The molecule has 4 rings (SSSR count). The maximum absolute atomic E-state index is 13.3. The molecule has 0 aromatic carbocycles. The third-order valence-electron chi connectivity index (χ3n) is 5.43. The lowest BCUT2D eigenvalue weighted by Gasteiger charge is -2.31. The largest absolute Gasteiger partial charge is 0.376 e. The number of hydrogen-bond acceptors (Lipinski definition) is 4. The Bertz CT molecular complexity index is 545. The van der Waals surface area contributed by atoms with Gasteiger partial charge in [-0.15, -0.1) is 0 Å². The Labute approximate surface area is 140 Å². The highest BCUT2D eigenvalue weighted by Crippen LogP contribution is 2.36. The molecule has 1 amide bonds. The average Bonchev–Trinajstić information content (AvgIpc) is 3.25. The van der Waals surface area contributed by atoms with Gasteiger partial charge >= 0.3 is 0 Å². The van der Waals surface area contributed by atoms with Crippen LogP contribution in [0.5, 0.6) is 0 Å². The van der Waals surface area contributed by atoms with Gasteiger partial charge in [0.15, 0.2) is 0 Å². The van der Waals surface area contributed by atoms with Crippen molar-refractivity contribution >= 4 is 17.2 Å². The van der Waals surface area contributed by atoms with Crippen LogP contribution in [0.1, 0.15) is 18.4 Å². The molecule has 23 heavy (non-hydrogen) atoms. The summed E-state index contributed by atoms with van der Waals surface area (Å²) in [4.78, 5) is 17.0. The maximum Gasteiger partial charge on any atom is 0.228 e. The Morgan fingerprint density at radius 1 is 1.35 bits per heavy atom. The van der Waals surface area contributed by atoms with Gasteiger partial charge in [-0.25, -0.2) is 4.39 Å². The fourth-order valence-electron chi connectivity index (χ4n) is 4.12. The lowest BCUT2D eigenvalue weighted by atomic mass is 9.91. The van der Waals surface area contributed by atoms with Crippen LogP contribution in [0.25, 0.3) is 0 Å². The number of thiophene rings is 1. The fraction of sp³-hybridized carbons (Fsp3) is 0.706. The fourth-order valence-corrected chi connectivity index (χ4v) is 4.78. The summed E-state index contributed by atoms with van der Waals surface area (Å²) in [6.07, 6.45) is 0.413. The molecule has 1 aromatic heterocycles. The molecule has 0 aliphatic carbocycles. The van der Waals surface area contributed by atoms with Gasteiger partial charge in [0.05, 0.1) is 18.6 Å². The molecule has 0 bridgehead atoms. The van der Waals surface area contributed by atoms with Gasteiger partial charge in [-0.3, -0.25) is 9.69 Å². The summed E-state index contributed by atoms with van der Waals surface area (Å²) in [5.74, 6) is 0.439. The van der Waals surface area contributed by atoms with Crippen LogP contribution in [-0.4, -0.2) is 60.8 Å². The Hall–Kier alpha value is -0.980. The van der Waals surface area contributed by atoms with E-state index < -0.39 is 6.17 Å². The van der Waals surface area contributed by atoms with Crippen molar-refractivity contribution in [1.82, 2.24) is 9.80 Å². The minimum atomic E-state index is -0.737. The number of ether oxygens (including phenoxy) is 1. The van der Waals surface area contributed by atoms with Crippen LogP contribution in [0, 0.1) is 11.8 Å². The quantitative estimate of drug-likeness (QED) is 0.847. The van der Waals surface area contributed by atoms with Crippen molar-refractivity contribution in [3.8, 4) is 0 Å². The summed E-state index contributed by atoms with van der Waals surface area (Å²) in [5.41, 5.74) is 1.34. The normalized spacial score (nSPS) is 32.4. The molecule has 3 saturated heterocycles. The van der Waals surface area contributed by atoms with Crippen molar-refractivity contribution in [1.29, 1.82) is 0 Å². The Balaban J connectivity index is 1.37. The second kappa shape index (κ2) is 6.49. The van der Waals surface area contributed by atoms with Crippen LogP contribution >= 0.6 is 11.3 Å². The summed E-state index contributed by atoms with van der Waals surface area (Å²) in [5, 5.41) is 4.28. The Morgan fingerprint density at radius 3 is 2.91 bits per heavy atom. The smallest absolute Gasteiger partial charge is 0.228 e. The molecule has 3 aliphatic rings. The van der Waals surface area contributed by atoms with Crippen LogP contribution in [-0.2, 0) is 16.1 Å². The minimum absolute atomic E-state index is 0.0383. The zero-order valence-corrected chi connectivity index (χ0v) is 14.0. The third kappa shape index (κ3) is 3.16. The zero-order chi connectivity index (χ0) is 15.8. The first-order valence-corrected chi connectivity index (χ1v) is 9.43. The van der Waals surface area contributed by atoms with E-state index in [0.29, 0.717) is 38.5 Å². The van der Waals surface area contributed by atoms with Crippen molar-refractivity contribution in [3.63, 3.8) is 0 Å². The van der Waals surface area contributed by atoms with Crippen molar-refractivity contribution < 1.29 is 13.9 Å². The van der Waals surface area contributed by atoms with Crippen LogP contribution in [0.2, 0.25) is 0 Å². The molecule has 0 unspecified atom stereocenters. The van der Waals surface area contributed by atoms with Gasteiger partial charge in [-0.1, -0.05) is 0 Å². The molecular formula is C17H23FN2O2S. The number of rotatable bonds is 3. The number of alkyl halides is 1. The first-order chi connectivity index (χ1) is 11.2. The van der Waals surface area contributed by atoms with E-state index >= 15 is 0 Å². The van der Waals surface area contributed by atoms with E-state index in [0.717, 1.165) is 19.6 Å². The van der Waals surface area contributed by atoms with Gasteiger partial charge < -0.3 is 9.64 Å². The molecule has 0 spiro atoms. The number of piperidine rings is 1. The van der Waals surface area contributed by atoms with Crippen LogP contribution in [0.4, 0.5) is 4.39 Å². The second-order valence-electron chi connectivity index (χ2n) is 6.97. The van der Waals surface area contributed by atoms with E-state index in [-0.39, 0.29) is 17.9 Å². The number of nitrogens with zero attached hydrogens (tertiary/aromatic N) is 2. The van der Waals surface area contributed by atoms with Gasteiger partial charge in [0.1, 0.15) is 6.17 Å². The zero-order valence-electron chi connectivity index (χ0n) is 13.2. The average molecular weight is 338 g/mol. The number of hydrogen-bond donors (Lipinski definition) is 0. The summed E-state index contributed by atoms with van der Waals surface area (Å²) >= 11 is 1.72. The topological polar surface area (TPSA) is 32.8 Å². The standard InChI is InChI=1S/C17H23FN2O2S/c18-13-1-4-20(5-2-13)17(21)15-10-22-16-9-19(8-14(15)16)7-12-3-6-23-11-12/h3,6,11,13-16H,1-2,4-5,7-10H2/t14-,15-,16-/m1/s1. The molecule has 6 heteroatoms. The molecule has 4 nitrogen and oxygen atoms in total. The highest BCUT2D eigenvalue weighted by molar-refractivity contribution is 7.07. The number of carbonyl (C=O) groups is 1. The molecule has 0 radical (unpaired) electrons. The monoisotopic (exact) mass is 338 g/mol. The first kappa shape index (κ1) is 15.5. The second-order valence-corrected chi connectivity index (χ2v) is 7.75. The molecule has 3 atom stereocenters. The Kier molecular flexibility index (Phi) is 4.39. The summed E-state index contributed by atoms with van der Waals surface area (Å²) in [6.45, 7) is 4.44.